The highest BCUT2D eigenvalue weighted by Gasteiger charge is 2.27. The normalized spacial score (nSPS) is 23.2. The zero-order chi connectivity index (χ0) is 13.9. The molecule has 0 radical (unpaired) electrons. The van der Waals surface area contributed by atoms with Gasteiger partial charge in [-0.15, -0.1) is 0 Å². The summed E-state index contributed by atoms with van der Waals surface area (Å²) in [5.74, 6) is 1.09. The summed E-state index contributed by atoms with van der Waals surface area (Å²) in [6, 6.07) is 7.17. The zero-order valence-electron chi connectivity index (χ0n) is 10.9. The number of rotatable bonds is 5. The largest absolute Gasteiger partial charge is 0.497 e. The molecule has 0 spiro atoms. The minimum Gasteiger partial charge on any atom is -0.497 e. The van der Waals surface area contributed by atoms with E-state index in [9.17, 15) is 13.5 Å². The lowest BCUT2D eigenvalue weighted by Gasteiger charge is -2.16. The van der Waals surface area contributed by atoms with Crippen LogP contribution in [0.4, 0.5) is 0 Å². The lowest BCUT2D eigenvalue weighted by Crippen LogP contribution is -2.33. The Morgan fingerprint density at radius 3 is 2.95 bits per heavy atom. The van der Waals surface area contributed by atoms with Gasteiger partial charge in [-0.05, 0) is 24.1 Å². The molecule has 2 unspecified atom stereocenters. The van der Waals surface area contributed by atoms with E-state index in [1.54, 1.807) is 13.2 Å². The van der Waals surface area contributed by atoms with Crippen molar-refractivity contribution < 1.29 is 18.3 Å². The lowest BCUT2D eigenvalue weighted by atomic mass is 10.1. The molecule has 1 heterocycles. The molecule has 1 fully saturated rings. The molecule has 5 nitrogen and oxygen atoms in total. The van der Waals surface area contributed by atoms with Crippen LogP contribution in [0.3, 0.4) is 0 Å². The Balaban J connectivity index is 1.89. The van der Waals surface area contributed by atoms with E-state index >= 15 is 0 Å². The van der Waals surface area contributed by atoms with Crippen LogP contribution in [-0.4, -0.2) is 44.7 Å². The Morgan fingerprint density at radius 2 is 2.32 bits per heavy atom. The lowest BCUT2D eigenvalue weighted by molar-refractivity contribution is 0.170. The van der Waals surface area contributed by atoms with Gasteiger partial charge < -0.3 is 15.2 Å². The summed E-state index contributed by atoms with van der Waals surface area (Å²) >= 11 is 0. The van der Waals surface area contributed by atoms with Gasteiger partial charge in [-0.2, -0.15) is 0 Å². The molecule has 2 atom stereocenters. The van der Waals surface area contributed by atoms with Gasteiger partial charge in [0.15, 0.2) is 9.84 Å². The molecular formula is C13H19NO4S. The smallest absolute Gasteiger partial charge is 0.151 e. The van der Waals surface area contributed by atoms with Gasteiger partial charge in [0.05, 0.1) is 24.7 Å². The van der Waals surface area contributed by atoms with Gasteiger partial charge in [0.25, 0.3) is 0 Å². The first-order valence-electron chi connectivity index (χ1n) is 6.26. The molecule has 0 bridgehead atoms. The highest BCUT2D eigenvalue weighted by atomic mass is 32.2. The van der Waals surface area contributed by atoms with Crippen LogP contribution in [0.2, 0.25) is 0 Å². The van der Waals surface area contributed by atoms with E-state index in [2.05, 4.69) is 5.32 Å². The van der Waals surface area contributed by atoms with E-state index in [-0.39, 0.29) is 17.5 Å². The van der Waals surface area contributed by atoms with Gasteiger partial charge in [0, 0.05) is 12.6 Å². The Morgan fingerprint density at radius 1 is 1.53 bits per heavy atom. The SMILES string of the molecule is COc1cccc(C(O)CNC2CCS(=O)(=O)C2)c1. The maximum Gasteiger partial charge on any atom is 0.151 e. The molecule has 6 heteroatoms. The number of sulfone groups is 1. The summed E-state index contributed by atoms with van der Waals surface area (Å²) in [5, 5.41) is 13.2. The van der Waals surface area contributed by atoms with Crippen molar-refractivity contribution in [2.75, 3.05) is 25.2 Å². The monoisotopic (exact) mass is 285 g/mol. The first-order valence-corrected chi connectivity index (χ1v) is 8.08. The second-order valence-electron chi connectivity index (χ2n) is 4.80. The first kappa shape index (κ1) is 14.3. The van der Waals surface area contributed by atoms with E-state index in [0.717, 1.165) is 5.56 Å². The molecule has 2 rings (SSSR count). The third kappa shape index (κ3) is 3.92. The molecule has 1 aliphatic heterocycles. The third-order valence-corrected chi connectivity index (χ3v) is 5.08. The molecular weight excluding hydrogens is 266 g/mol. The average Bonchev–Trinajstić information content (AvgIpc) is 2.75. The number of hydrogen-bond acceptors (Lipinski definition) is 5. The number of methoxy groups -OCH3 is 1. The fraction of sp³-hybridized carbons (Fsp3) is 0.538. The molecule has 2 N–H and O–H groups in total. The number of aliphatic hydroxyl groups is 1. The highest BCUT2D eigenvalue weighted by Crippen LogP contribution is 2.19. The van der Waals surface area contributed by atoms with Crippen molar-refractivity contribution in [3.05, 3.63) is 29.8 Å². The van der Waals surface area contributed by atoms with Crippen LogP contribution in [0.25, 0.3) is 0 Å². The minimum absolute atomic E-state index is 0.0507. The third-order valence-electron chi connectivity index (χ3n) is 3.31. The van der Waals surface area contributed by atoms with E-state index < -0.39 is 15.9 Å². The molecule has 1 aromatic carbocycles. The van der Waals surface area contributed by atoms with Crippen molar-refractivity contribution in [3.8, 4) is 5.75 Å². The Bertz CT molecular complexity index is 529. The van der Waals surface area contributed by atoms with E-state index in [0.29, 0.717) is 18.7 Å². The van der Waals surface area contributed by atoms with Crippen molar-refractivity contribution in [3.63, 3.8) is 0 Å². The van der Waals surface area contributed by atoms with Gasteiger partial charge in [-0.3, -0.25) is 0 Å². The molecule has 106 valence electrons. The highest BCUT2D eigenvalue weighted by molar-refractivity contribution is 7.91. The molecule has 0 aliphatic carbocycles. The fourth-order valence-electron chi connectivity index (χ4n) is 2.20. The van der Waals surface area contributed by atoms with Crippen molar-refractivity contribution in [1.29, 1.82) is 0 Å². The quantitative estimate of drug-likeness (QED) is 0.824. The van der Waals surface area contributed by atoms with Crippen LogP contribution in [-0.2, 0) is 9.84 Å². The van der Waals surface area contributed by atoms with Gasteiger partial charge >= 0.3 is 0 Å². The Hall–Kier alpha value is -1.11. The summed E-state index contributed by atoms with van der Waals surface area (Å²) in [6.45, 7) is 0.341. The van der Waals surface area contributed by atoms with Crippen LogP contribution in [0, 0.1) is 0 Å². The topological polar surface area (TPSA) is 75.6 Å². The summed E-state index contributed by atoms with van der Waals surface area (Å²) in [4.78, 5) is 0. The number of hydrogen-bond donors (Lipinski definition) is 2. The zero-order valence-corrected chi connectivity index (χ0v) is 11.7. The van der Waals surface area contributed by atoms with E-state index in [1.807, 2.05) is 18.2 Å². The molecule has 1 saturated heterocycles. The van der Waals surface area contributed by atoms with Gasteiger partial charge in [-0.1, -0.05) is 12.1 Å². The van der Waals surface area contributed by atoms with Gasteiger partial charge in [0.2, 0.25) is 0 Å². The molecule has 0 saturated carbocycles. The molecule has 19 heavy (non-hydrogen) atoms. The molecule has 0 aromatic heterocycles. The van der Waals surface area contributed by atoms with Crippen LogP contribution >= 0.6 is 0 Å². The molecule has 1 aromatic rings. The van der Waals surface area contributed by atoms with E-state index in [1.165, 1.54) is 0 Å². The van der Waals surface area contributed by atoms with Crippen molar-refractivity contribution in [2.45, 2.75) is 18.6 Å². The second-order valence-corrected chi connectivity index (χ2v) is 7.03. The summed E-state index contributed by atoms with van der Waals surface area (Å²) in [5.41, 5.74) is 0.757. The summed E-state index contributed by atoms with van der Waals surface area (Å²) in [7, 11) is -1.31. The summed E-state index contributed by atoms with van der Waals surface area (Å²) in [6.07, 6.45) is -0.0499. The predicted octanol–water partition coefficient (Wildman–Crippen LogP) is 0.505. The second kappa shape index (κ2) is 5.90. The fourth-order valence-corrected chi connectivity index (χ4v) is 3.91. The van der Waals surface area contributed by atoms with Crippen molar-refractivity contribution in [1.82, 2.24) is 5.32 Å². The van der Waals surface area contributed by atoms with Crippen molar-refractivity contribution >= 4 is 9.84 Å². The number of ether oxygens (including phenoxy) is 1. The predicted molar refractivity (Wildman–Crippen MR) is 73.0 cm³/mol. The standard InChI is InChI=1S/C13H19NO4S/c1-18-12-4-2-3-10(7-12)13(15)8-14-11-5-6-19(16,17)9-11/h2-4,7,11,13-15H,5-6,8-9H2,1H3. The van der Waals surface area contributed by atoms with Crippen LogP contribution in [0.5, 0.6) is 5.75 Å². The van der Waals surface area contributed by atoms with Gasteiger partial charge in [0.1, 0.15) is 5.75 Å². The molecule has 1 aliphatic rings. The number of benzene rings is 1. The first-order chi connectivity index (χ1) is 9.00. The Kier molecular flexibility index (Phi) is 4.44. The number of nitrogens with one attached hydrogen (secondary N) is 1. The number of aliphatic hydroxyl groups excluding tert-OH is 1. The Labute approximate surface area is 113 Å². The van der Waals surface area contributed by atoms with Gasteiger partial charge in [-0.25, -0.2) is 8.42 Å². The molecule has 0 amide bonds. The maximum absolute atomic E-state index is 11.3. The van der Waals surface area contributed by atoms with Crippen LogP contribution in [0.15, 0.2) is 24.3 Å². The average molecular weight is 285 g/mol. The van der Waals surface area contributed by atoms with E-state index in [4.69, 9.17) is 4.74 Å². The summed E-state index contributed by atoms with van der Waals surface area (Å²) < 4.78 is 27.7. The minimum atomic E-state index is -2.88. The van der Waals surface area contributed by atoms with Crippen molar-refractivity contribution in [2.24, 2.45) is 0 Å². The van der Waals surface area contributed by atoms with Crippen LogP contribution in [0.1, 0.15) is 18.1 Å². The maximum atomic E-state index is 11.3. The van der Waals surface area contributed by atoms with Crippen LogP contribution < -0.4 is 10.1 Å².